The highest BCUT2D eigenvalue weighted by atomic mass is 16.2. The SMILES string of the molecule is C#CCN(C)C(=O)C1NNC2CCN(C(=O)C3CC4CCCCC4N3)CC21. The molecule has 6 unspecified atom stereocenters. The fraction of sp³-hybridized carbons (Fsp3) is 0.800. The number of rotatable bonds is 3. The van der Waals surface area contributed by atoms with E-state index >= 15 is 0 Å². The maximum absolute atomic E-state index is 13.1. The Kier molecular flexibility index (Phi) is 5.40. The minimum Gasteiger partial charge on any atom is -0.341 e. The van der Waals surface area contributed by atoms with Crippen molar-refractivity contribution in [3.63, 3.8) is 0 Å². The molecule has 3 saturated heterocycles. The van der Waals surface area contributed by atoms with Crippen LogP contribution in [-0.4, -0.2) is 72.5 Å². The number of nitrogens with zero attached hydrogens (tertiary/aromatic N) is 2. The van der Waals surface area contributed by atoms with Crippen LogP contribution in [0, 0.1) is 24.2 Å². The summed E-state index contributed by atoms with van der Waals surface area (Å²) in [6.45, 7) is 1.67. The molecule has 7 heteroatoms. The first kappa shape index (κ1) is 18.7. The lowest BCUT2D eigenvalue weighted by Gasteiger charge is -2.37. The lowest BCUT2D eigenvalue weighted by molar-refractivity contribution is -0.138. The smallest absolute Gasteiger partial charge is 0.242 e. The Balaban J connectivity index is 1.39. The number of hydrogen-bond donors (Lipinski definition) is 3. The molecular formula is C20H31N5O2. The fourth-order valence-electron chi connectivity index (χ4n) is 5.43. The number of carbonyl (C=O) groups excluding carboxylic acids is 2. The minimum absolute atomic E-state index is 0.00717. The summed E-state index contributed by atoms with van der Waals surface area (Å²) in [6, 6.07) is 0.367. The van der Waals surface area contributed by atoms with E-state index in [0.29, 0.717) is 25.0 Å². The topological polar surface area (TPSA) is 76.7 Å². The maximum Gasteiger partial charge on any atom is 0.242 e. The molecule has 0 bridgehead atoms. The van der Waals surface area contributed by atoms with Crippen molar-refractivity contribution in [1.82, 2.24) is 26.0 Å². The molecule has 6 atom stereocenters. The summed E-state index contributed by atoms with van der Waals surface area (Å²) in [6.07, 6.45) is 12.2. The van der Waals surface area contributed by atoms with Crippen molar-refractivity contribution in [3.8, 4) is 12.3 Å². The number of piperidine rings is 1. The summed E-state index contributed by atoms with van der Waals surface area (Å²) in [5.74, 6) is 3.47. The normalized spacial score (nSPS) is 38.0. The molecule has 148 valence electrons. The third-order valence-corrected chi connectivity index (χ3v) is 6.95. The highest BCUT2D eigenvalue weighted by Gasteiger charge is 2.47. The van der Waals surface area contributed by atoms with E-state index in [1.54, 1.807) is 11.9 Å². The molecule has 0 spiro atoms. The first-order valence-electron chi connectivity index (χ1n) is 10.3. The standard InChI is InChI=1S/C20H31N5O2/c1-3-9-24(2)20(27)18-14-12-25(10-8-16(14)22-23-18)19(26)17-11-13-6-4-5-7-15(13)21-17/h1,13-18,21-23H,4-12H2,2H3. The molecule has 0 aromatic rings. The molecule has 4 fully saturated rings. The Morgan fingerprint density at radius 1 is 1.19 bits per heavy atom. The molecule has 0 radical (unpaired) electrons. The predicted octanol–water partition coefficient (Wildman–Crippen LogP) is -0.308. The van der Waals surface area contributed by atoms with Gasteiger partial charge in [-0.25, -0.2) is 5.43 Å². The number of nitrogens with one attached hydrogen (secondary N) is 3. The number of amides is 2. The monoisotopic (exact) mass is 373 g/mol. The quantitative estimate of drug-likeness (QED) is 0.592. The molecule has 3 aliphatic heterocycles. The number of fused-ring (bicyclic) bond motifs is 2. The van der Waals surface area contributed by atoms with E-state index in [4.69, 9.17) is 6.42 Å². The molecule has 4 rings (SSSR count). The predicted molar refractivity (Wildman–Crippen MR) is 102 cm³/mol. The van der Waals surface area contributed by atoms with Crippen LogP contribution in [0.4, 0.5) is 0 Å². The Morgan fingerprint density at radius 3 is 2.78 bits per heavy atom. The van der Waals surface area contributed by atoms with E-state index in [1.807, 2.05) is 4.90 Å². The zero-order valence-electron chi connectivity index (χ0n) is 16.1. The lowest BCUT2D eigenvalue weighted by atomic mass is 9.84. The average Bonchev–Trinajstić information content (AvgIpc) is 3.30. The van der Waals surface area contributed by atoms with Crippen molar-refractivity contribution in [2.24, 2.45) is 11.8 Å². The van der Waals surface area contributed by atoms with E-state index in [2.05, 4.69) is 22.1 Å². The lowest BCUT2D eigenvalue weighted by Crippen LogP contribution is -2.55. The summed E-state index contributed by atoms with van der Waals surface area (Å²) in [7, 11) is 1.73. The highest BCUT2D eigenvalue weighted by Crippen LogP contribution is 2.34. The van der Waals surface area contributed by atoms with E-state index in [9.17, 15) is 9.59 Å². The van der Waals surface area contributed by atoms with Gasteiger partial charge in [-0.05, 0) is 31.6 Å². The second-order valence-corrected chi connectivity index (χ2v) is 8.61. The van der Waals surface area contributed by atoms with Gasteiger partial charge in [0.25, 0.3) is 0 Å². The van der Waals surface area contributed by atoms with Crippen molar-refractivity contribution in [3.05, 3.63) is 0 Å². The molecule has 1 saturated carbocycles. The van der Waals surface area contributed by atoms with Crippen molar-refractivity contribution in [2.45, 2.75) is 62.7 Å². The summed E-state index contributed by atoms with van der Waals surface area (Å²) < 4.78 is 0. The van der Waals surface area contributed by atoms with Gasteiger partial charge in [0, 0.05) is 38.1 Å². The number of likely N-dealkylation sites (N-methyl/N-ethyl adjacent to an activating group) is 1. The van der Waals surface area contributed by atoms with Crippen molar-refractivity contribution < 1.29 is 9.59 Å². The molecular weight excluding hydrogens is 342 g/mol. The first-order chi connectivity index (χ1) is 13.1. The Labute approximate surface area is 161 Å². The molecule has 0 aromatic carbocycles. The summed E-state index contributed by atoms with van der Waals surface area (Å²) in [5, 5.41) is 3.60. The van der Waals surface area contributed by atoms with Crippen LogP contribution in [-0.2, 0) is 9.59 Å². The Hall–Kier alpha value is -1.62. The second kappa shape index (κ2) is 7.78. The summed E-state index contributed by atoms with van der Waals surface area (Å²) >= 11 is 0. The van der Waals surface area contributed by atoms with Crippen molar-refractivity contribution in [2.75, 3.05) is 26.7 Å². The van der Waals surface area contributed by atoms with Crippen LogP contribution < -0.4 is 16.2 Å². The van der Waals surface area contributed by atoms with Gasteiger partial charge < -0.3 is 15.1 Å². The van der Waals surface area contributed by atoms with Crippen molar-refractivity contribution in [1.29, 1.82) is 0 Å². The fourth-order valence-corrected chi connectivity index (χ4v) is 5.43. The zero-order chi connectivity index (χ0) is 19.0. The Morgan fingerprint density at radius 2 is 2.00 bits per heavy atom. The van der Waals surface area contributed by atoms with Gasteiger partial charge in [0.15, 0.2) is 0 Å². The van der Waals surface area contributed by atoms with Gasteiger partial charge in [-0.1, -0.05) is 18.8 Å². The van der Waals surface area contributed by atoms with Gasteiger partial charge in [-0.3, -0.25) is 15.0 Å². The molecule has 4 aliphatic rings. The number of hydrazine groups is 1. The van der Waals surface area contributed by atoms with Gasteiger partial charge >= 0.3 is 0 Å². The van der Waals surface area contributed by atoms with Gasteiger partial charge in [0.05, 0.1) is 12.6 Å². The van der Waals surface area contributed by atoms with Gasteiger partial charge in [0.1, 0.15) is 6.04 Å². The number of likely N-dealkylation sites (tertiary alicyclic amines) is 1. The molecule has 27 heavy (non-hydrogen) atoms. The average molecular weight is 374 g/mol. The third-order valence-electron chi connectivity index (χ3n) is 6.95. The van der Waals surface area contributed by atoms with Crippen LogP contribution in [0.15, 0.2) is 0 Å². The Bertz CT molecular complexity index is 618. The largest absolute Gasteiger partial charge is 0.341 e. The molecule has 2 amide bonds. The molecule has 3 heterocycles. The van der Waals surface area contributed by atoms with E-state index in [-0.39, 0.29) is 35.9 Å². The third kappa shape index (κ3) is 3.58. The van der Waals surface area contributed by atoms with Crippen LogP contribution in [0.1, 0.15) is 38.5 Å². The highest BCUT2D eigenvalue weighted by molar-refractivity contribution is 5.84. The van der Waals surface area contributed by atoms with E-state index in [1.165, 1.54) is 25.7 Å². The summed E-state index contributed by atoms with van der Waals surface area (Å²) in [5.41, 5.74) is 6.40. The van der Waals surface area contributed by atoms with E-state index < -0.39 is 0 Å². The van der Waals surface area contributed by atoms with Gasteiger partial charge in [-0.15, -0.1) is 6.42 Å². The van der Waals surface area contributed by atoms with Crippen LogP contribution in [0.2, 0.25) is 0 Å². The zero-order valence-corrected chi connectivity index (χ0v) is 16.1. The maximum atomic E-state index is 13.1. The molecule has 1 aliphatic carbocycles. The van der Waals surface area contributed by atoms with Crippen LogP contribution in [0.5, 0.6) is 0 Å². The van der Waals surface area contributed by atoms with Crippen molar-refractivity contribution >= 4 is 11.8 Å². The molecule has 7 nitrogen and oxygen atoms in total. The minimum atomic E-state index is -0.330. The summed E-state index contributed by atoms with van der Waals surface area (Å²) in [4.78, 5) is 29.4. The number of hydrogen-bond acceptors (Lipinski definition) is 5. The number of terminal acetylenes is 1. The molecule has 0 aromatic heterocycles. The van der Waals surface area contributed by atoms with Gasteiger partial charge in [-0.2, -0.15) is 0 Å². The first-order valence-corrected chi connectivity index (χ1v) is 10.3. The second-order valence-electron chi connectivity index (χ2n) is 8.61. The van der Waals surface area contributed by atoms with Crippen LogP contribution in [0.3, 0.4) is 0 Å². The molecule has 3 N–H and O–H groups in total. The number of carbonyl (C=O) groups is 2. The van der Waals surface area contributed by atoms with Crippen LogP contribution >= 0.6 is 0 Å². The van der Waals surface area contributed by atoms with E-state index in [0.717, 1.165) is 19.4 Å². The van der Waals surface area contributed by atoms with Crippen LogP contribution in [0.25, 0.3) is 0 Å². The van der Waals surface area contributed by atoms with Gasteiger partial charge in [0.2, 0.25) is 11.8 Å².